The summed E-state index contributed by atoms with van der Waals surface area (Å²) in [6.07, 6.45) is 5.63. The van der Waals surface area contributed by atoms with Crippen molar-refractivity contribution in [3.05, 3.63) is 0 Å². The van der Waals surface area contributed by atoms with Crippen LogP contribution in [0.3, 0.4) is 0 Å². The summed E-state index contributed by atoms with van der Waals surface area (Å²) < 4.78 is 6.45. The molecule has 1 aliphatic heterocycles. The fourth-order valence-electron chi connectivity index (χ4n) is 3.84. The Bertz CT molecular complexity index is 285. The van der Waals surface area contributed by atoms with Crippen molar-refractivity contribution in [3.8, 4) is 0 Å². The van der Waals surface area contributed by atoms with Crippen molar-refractivity contribution < 1.29 is 4.74 Å². The fraction of sp³-hybridized carbons (Fsp3) is 1.00. The molecule has 3 unspecified atom stereocenters. The maximum Gasteiger partial charge on any atom is 0.119 e. The zero-order valence-corrected chi connectivity index (χ0v) is 16.7. The minimum Gasteiger partial charge on any atom is -0.361 e. The predicted molar refractivity (Wildman–Crippen MR) is 97.3 cm³/mol. The Morgan fingerprint density at radius 3 is 2.20 bits per heavy atom. The van der Waals surface area contributed by atoms with E-state index in [1.165, 1.54) is 25.7 Å². The average Bonchev–Trinajstić information content (AvgIpc) is 2.22. The topological polar surface area (TPSA) is 9.23 Å². The van der Waals surface area contributed by atoms with Crippen molar-refractivity contribution in [2.75, 3.05) is 0 Å². The smallest absolute Gasteiger partial charge is 0.119 e. The van der Waals surface area contributed by atoms with Gasteiger partial charge in [-0.2, -0.15) is 0 Å². The van der Waals surface area contributed by atoms with E-state index in [-0.39, 0.29) is 3.61 Å². The van der Waals surface area contributed by atoms with Crippen LogP contribution in [-0.4, -0.2) is 9.71 Å². The van der Waals surface area contributed by atoms with Gasteiger partial charge < -0.3 is 4.74 Å². The third kappa shape index (κ3) is 5.82. The number of ether oxygens (including phenoxy) is 1. The molecule has 0 saturated carbocycles. The second kappa shape index (κ2) is 7.80. The molecule has 0 aliphatic carbocycles. The number of halogens is 1. The van der Waals surface area contributed by atoms with Gasteiger partial charge in [0, 0.05) is 0 Å². The van der Waals surface area contributed by atoms with Gasteiger partial charge in [-0.05, 0) is 84.8 Å². The van der Waals surface area contributed by atoms with Crippen LogP contribution in [0.25, 0.3) is 0 Å². The molecule has 0 radical (unpaired) electrons. The molecular weight excluding hydrogens is 359 g/mol. The van der Waals surface area contributed by atoms with Crippen molar-refractivity contribution in [1.82, 2.24) is 0 Å². The molecule has 1 nitrogen and oxygen atoms in total. The van der Waals surface area contributed by atoms with E-state index in [1.54, 1.807) is 0 Å². The number of hydrogen-bond acceptors (Lipinski definition) is 1. The third-order valence-electron chi connectivity index (χ3n) is 4.80. The Labute approximate surface area is 140 Å². The highest BCUT2D eigenvalue weighted by Gasteiger charge is 2.42. The molecule has 1 heterocycles. The monoisotopic (exact) mass is 394 g/mol. The summed E-state index contributed by atoms with van der Waals surface area (Å²) in [6, 6.07) is 0. The van der Waals surface area contributed by atoms with Crippen LogP contribution in [-0.2, 0) is 4.74 Å². The quantitative estimate of drug-likeness (QED) is 0.380. The summed E-state index contributed by atoms with van der Waals surface area (Å²) >= 11 is 2.54. The van der Waals surface area contributed by atoms with Gasteiger partial charge in [-0.25, -0.2) is 0 Å². The van der Waals surface area contributed by atoms with Crippen LogP contribution in [0.1, 0.15) is 74.1 Å². The minimum atomic E-state index is 0.0117. The van der Waals surface area contributed by atoms with E-state index in [0.717, 1.165) is 23.7 Å². The summed E-state index contributed by atoms with van der Waals surface area (Å²) in [5.41, 5.74) is 0. The Balaban J connectivity index is 2.64. The fourth-order valence-corrected chi connectivity index (χ4v) is 4.71. The Morgan fingerprint density at radius 1 is 1.10 bits per heavy atom. The second-order valence-corrected chi connectivity index (χ2v) is 10.3. The first kappa shape index (κ1) is 18.7. The lowest BCUT2D eigenvalue weighted by Crippen LogP contribution is -2.45. The molecule has 5 atom stereocenters. The molecule has 120 valence electrons. The first-order chi connectivity index (χ1) is 9.11. The van der Waals surface area contributed by atoms with E-state index in [9.17, 15) is 0 Å². The van der Waals surface area contributed by atoms with Gasteiger partial charge in [0.25, 0.3) is 0 Å². The van der Waals surface area contributed by atoms with Crippen molar-refractivity contribution in [2.45, 2.75) is 83.9 Å². The van der Waals surface area contributed by atoms with Gasteiger partial charge in [0.15, 0.2) is 0 Å². The maximum absolute atomic E-state index is 6.44. The van der Waals surface area contributed by atoms with Gasteiger partial charge in [-0.1, -0.05) is 41.5 Å². The molecule has 0 N–H and O–H groups in total. The Hall–Kier alpha value is 0.690. The lowest BCUT2D eigenvalue weighted by Gasteiger charge is -2.46. The first-order valence-corrected chi connectivity index (χ1v) is 9.56. The summed E-state index contributed by atoms with van der Waals surface area (Å²) in [5.74, 6) is 3.84. The van der Waals surface area contributed by atoms with Crippen LogP contribution < -0.4 is 0 Å². The minimum absolute atomic E-state index is 0.0117. The lowest BCUT2D eigenvalue weighted by atomic mass is 9.76. The van der Waals surface area contributed by atoms with Gasteiger partial charge >= 0.3 is 0 Å². The maximum atomic E-state index is 6.44. The summed E-state index contributed by atoms with van der Waals surface area (Å²) in [4.78, 5) is 0. The molecule has 1 rings (SSSR count). The van der Waals surface area contributed by atoms with Crippen LogP contribution in [0.4, 0.5) is 0 Å². The Kier molecular flexibility index (Phi) is 7.31. The highest BCUT2D eigenvalue weighted by Crippen LogP contribution is 2.46. The van der Waals surface area contributed by atoms with E-state index in [1.807, 2.05) is 0 Å². The van der Waals surface area contributed by atoms with Gasteiger partial charge in [-0.15, -0.1) is 0 Å². The molecule has 2 heteroatoms. The number of rotatable bonds is 6. The molecule has 0 aromatic carbocycles. The van der Waals surface area contributed by atoms with E-state index >= 15 is 0 Å². The van der Waals surface area contributed by atoms with Crippen molar-refractivity contribution in [3.63, 3.8) is 0 Å². The van der Waals surface area contributed by atoms with Crippen molar-refractivity contribution >= 4 is 22.6 Å². The molecule has 0 spiro atoms. The highest BCUT2D eigenvalue weighted by atomic mass is 127. The van der Waals surface area contributed by atoms with E-state index < -0.39 is 0 Å². The van der Waals surface area contributed by atoms with Crippen LogP contribution in [0.2, 0.25) is 0 Å². The van der Waals surface area contributed by atoms with Gasteiger partial charge in [0.1, 0.15) is 3.61 Å². The highest BCUT2D eigenvalue weighted by molar-refractivity contribution is 14.1. The third-order valence-corrected chi connectivity index (χ3v) is 6.03. The van der Waals surface area contributed by atoms with E-state index in [0.29, 0.717) is 12.0 Å². The molecule has 0 amide bonds. The molecule has 0 aromatic rings. The molecule has 1 aliphatic rings. The summed E-state index contributed by atoms with van der Waals surface area (Å²) in [6.45, 7) is 16.4. The predicted octanol–water partition coefficient (Wildman–Crippen LogP) is 6.30. The van der Waals surface area contributed by atoms with Crippen LogP contribution in [0, 0.1) is 29.6 Å². The van der Waals surface area contributed by atoms with E-state index in [2.05, 4.69) is 71.1 Å². The van der Waals surface area contributed by atoms with Gasteiger partial charge in [0.05, 0.1) is 6.10 Å². The summed E-state index contributed by atoms with van der Waals surface area (Å²) in [5, 5.41) is 0. The SMILES string of the molecule is CC(C)CC(C)CC1C[C@@H](CC(C)C)C(C)[C@@](C)(I)O1. The average molecular weight is 394 g/mol. The first-order valence-electron chi connectivity index (χ1n) is 8.48. The van der Waals surface area contributed by atoms with Crippen LogP contribution in [0.15, 0.2) is 0 Å². The second-order valence-electron chi connectivity index (χ2n) is 8.11. The molecule has 1 saturated heterocycles. The van der Waals surface area contributed by atoms with Gasteiger partial charge in [-0.3, -0.25) is 0 Å². The molecular formula is C18H35IO. The molecule has 1 fully saturated rings. The molecule has 0 bridgehead atoms. The molecule has 20 heavy (non-hydrogen) atoms. The zero-order valence-electron chi connectivity index (χ0n) is 14.6. The van der Waals surface area contributed by atoms with Crippen LogP contribution in [0.5, 0.6) is 0 Å². The zero-order chi connectivity index (χ0) is 15.5. The largest absolute Gasteiger partial charge is 0.361 e. The number of hydrogen-bond donors (Lipinski definition) is 0. The van der Waals surface area contributed by atoms with Crippen molar-refractivity contribution in [2.24, 2.45) is 29.6 Å². The lowest BCUT2D eigenvalue weighted by molar-refractivity contribution is -0.116. The van der Waals surface area contributed by atoms with E-state index in [4.69, 9.17) is 4.74 Å². The number of alkyl halides is 1. The Morgan fingerprint density at radius 2 is 1.70 bits per heavy atom. The normalized spacial score (nSPS) is 36.6. The van der Waals surface area contributed by atoms with Crippen molar-refractivity contribution in [1.29, 1.82) is 0 Å². The van der Waals surface area contributed by atoms with Gasteiger partial charge in [0.2, 0.25) is 0 Å². The summed E-state index contributed by atoms with van der Waals surface area (Å²) in [7, 11) is 0. The standard InChI is InChI=1S/C18H35IO/c1-12(2)8-14(5)10-17-11-16(9-13(3)4)15(6)18(7,19)20-17/h12-17H,8-11H2,1-7H3/t14?,15?,16-,17?,18+/m1/s1. The molecule has 0 aromatic heterocycles. The van der Waals surface area contributed by atoms with Crippen LogP contribution >= 0.6 is 22.6 Å².